The van der Waals surface area contributed by atoms with Gasteiger partial charge in [-0.05, 0) is 117 Å². The molecule has 4 aliphatic carbocycles. The minimum absolute atomic E-state index is 0.210. The second kappa shape index (κ2) is 8.89. The smallest absolute Gasteiger partial charge is 0.0814 e. The molecule has 1 aromatic rings. The highest BCUT2D eigenvalue weighted by molar-refractivity contribution is 5.17. The molecule has 190 valence electrons. The summed E-state index contributed by atoms with van der Waals surface area (Å²) in [7, 11) is 0. The summed E-state index contributed by atoms with van der Waals surface area (Å²) in [5, 5.41) is 32.7. The molecule has 0 radical (unpaired) electrons. The van der Waals surface area contributed by atoms with E-state index < -0.39 is 17.8 Å². The van der Waals surface area contributed by atoms with Gasteiger partial charge in [0.1, 0.15) is 0 Å². The molecule has 1 aromatic carbocycles. The Hall–Kier alpha value is -0.900. The van der Waals surface area contributed by atoms with Crippen LogP contribution in [-0.2, 0) is 0 Å². The second-order valence-corrected chi connectivity index (χ2v) is 13.7. The van der Waals surface area contributed by atoms with E-state index >= 15 is 0 Å². The summed E-state index contributed by atoms with van der Waals surface area (Å²) in [6.45, 7) is 9.41. The molecule has 3 nitrogen and oxygen atoms in total. The molecule has 0 unspecified atom stereocenters. The number of benzene rings is 1. The molecule has 11 atom stereocenters. The molecule has 4 fully saturated rings. The molecule has 0 spiro atoms. The minimum atomic E-state index is -0.599. The Morgan fingerprint density at radius 1 is 0.853 bits per heavy atom. The largest absolute Gasteiger partial charge is 0.393 e. The van der Waals surface area contributed by atoms with E-state index in [0.717, 1.165) is 36.2 Å². The lowest BCUT2D eigenvalue weighted by molar-refractivity contribution is -0.149. The number of rotatable bonds is 5. The number of hydrogen-bond acceptors (Lipinski definition) is 3. The van der Waals surface area contributed by atoms with Crippen LogP contribution in [0.4, 0.5) is 0 Å². The fraction of sp³-hybridized carbons (Fsp3) is 0.806. The molecule has 0 saturated heterocycles. The van der Waals surface area contributed by atoms with Crippen molar-refractivity contribution in [2.45, 2.75) is 110 Å². The maximum absolute atomic E-state index is 11.2. The Morgan fingerprint density at radius 2 is 1.56 bits per heavy atom. The Balaban J connectivity index is 1.29. The van der Waals surface area contributed by atoms with Crippen molar-refractivity contribution >= 4 is 0 Å². The average Bonchev–Trinajstić information content (AvgIpc) is 3.16. The third-order valence-corrected chi connectivity index (χ3v) is 11.9. The minimum Gasteiger partial charge on any atom is -0.393 e. The lowest BCUT2D eigenvalue weighted by atomic mass is 9.43. The van der Waals surface area contributed by atoms with E-state index in [1.807, 2.05) is 30.3 Å². The predicted molar refractivity (Wildman–Crippen MR) is 137 cm³/mol. The topological polar surface area (TPSA) is 60.7 Å². The SMILES string of the molecule is C[C@H]([C@H](O)C[C@@H](O)c1ccccc1)[C@H]1CC[C@H]2[C@@H]3CC[C@H]4C[C@@](C)(O)CC[C@]4(C)[C@H]3CC[C@]12C. The first kappa shape index (κ1) is 24.8. The number of aliphatic hydroxyl groups is 3. The molecule has 34 heavy (non-hydrogen) atoms. The Morgan fingerprint density at radius 3 is 2.29 bits per heavy atom. The summed E-state index contributed by atoms with van der Waals surface area (Å²) in [5.74, 6) is 3.81. The van der Waals surface area contributed by atoms with E-state index in [4.69, 9.17) is 0 Å². The van der Waals surface area contributed by atoms with Crippen molar-refractivity contribution in [3.05, 3.63) is 35.9 Å². The predicted octanol–water partition coefficient (Wildman–Crippen LogP) is 6.52. The highest BCUT2D eigenvalue weighted by atomic mass is 16.3. The molecule has 0 heterocycles. The van der Waals surface area contributed by atoms with Crippen molar-refractivity contribution in [3.63, 3.8) is 0 Å². The van der Waals surface area contributed by atoms with E-state index in [1.165, 1.54) is 44.9 Å². The fourth-order valence-corrected chi connectivity index (χ4v) is 9.86. The Bertz CT molecular complexity index is 851. The molecular weight excluding hydrogens is 420 g/mol. The van der Waals surface area contributed by atoms with Gasteiger partial charge in [0.2, 0.25) is 0 Å². The third-order valence-electron chi connectivity index (χ3n) is 11.9. The van der Waals surface area contributed by atoms with Gasteiger partial charge in [-0.25, -0.2) is 0 Å². The highest BCUT2D eigenvalue weighted by Crippen LogP contribution is 2.68. The van der Waals surface area contributed by atoms with Gasteiger partial charge in [0, 0.05) is 6.42 Å². The van der Waals surface area contributed by atoms with Crippen molar-refractivity contribution in [1.82, 2.24) is 0 Å². The molecule has 0 aromatic heterocycles. The summed E-state index contributed by atoms with van der Waals surface area (Å²) in [4.78, 5) is 0. The van der Waals surface area contributed by atoms with Gasteiger partial charge in [0.15, 0.2) is 0 Å². The van der Waals surface area contributed by atoms with E-state index in [1.54, 1.807) is 0 Å². The molecule has 0 bridgehead atoms. The molecule has 0 aliphatic heterocycles. The quantitative estimate of drug-likeness (QED) is 0.461. The maximum Gasteiger partial charge on any atom is 0.0814 e. The zero-order chi connectivity index (χ0) is 24.3. The molecule has 4 aliphatic rings. The van der Waals surface area contributed by atoms with Crippen LogP contribution in [0.3, 0.4) is 0 Å². The van der Waals surface area contributed by atoms with Gasteiger partial charge in [0.05, 0.1) is 17.8 Å². The first-order valence-corrected chi connectivity index (χ1v) is 14.2. The summed E-state index contributed by atoms with van der Waals surface area (Å²) in [6.07, 6.45) is 10.2. The summed E-state index contributed by atoms with van der Waals surface area (Å²) in [5.41, 5.74) is 1.15. The van der Waals surface area contributed by atoms with Gasteiger partial charge in [-0.15, -0.1) is 0 Å². The molecule has 5 rings (SSSR count). The fourth-order valence-electron chi connectivity index (χ4n) is 9.86. The third kappa shape index (κ3) is 4.08. The van der Waals surface area contributed by atoms with E-state index in [9.17, 15) is 15.3 Å². The number of fused-ring (bicyclic) bond motifs is 5. The van der Waals surface area contributed by atoms with Crippen LogP contribution in [-0.4, -0.2) is 27.0 Å². The summed E-state index contributed by atoms with van der Waals surface area (Å²) in [6, 6.07) is 9.79. The molecule has 3 heteroatoms. The zero-order valence-electron chi connectivity index (χ0n) is 21.9. The molecular formula is C31H48O3. The van der Waals surface area contributed by atoms with Crippen molar-refractivity contribution in [2.75, 3.05) is 0 Å². The number of hydrogen-bond donors (Lipinski definition) is 3. The van der Waals surface area contributed by atoms with Crippen LogP contribution in [0.25, 0.3) is 0 Å². The monoisotopic (exact) mass is 468 g/mol. The van der Waals surface area contributed by atoms with Crippen LogP contribution in [0.15, 0.2) is 30.3 Å². The second-order valence-electron chi connectivity index (χ2n) is 13.7. The van der Waals surface area contributed by atoms with Gasteiger partial charge in [-0.2, -0.15) is 0 Å². The van der Waals surface area contributed by atoms with E-state index in [-0.39, 0.29) is 5.92 Å². The van der Waals surface area contributed by atoms with Crippen LogP contribution >= 0.6 is 0 Å². The molecule has 3 N–H and O–H groups in total. The summed E-state index contributed by atoms with van der Waals surface area (Å²) >= 11 is 0. The lowest BCUT2D eigenvalue weighted by Gasteiger charge is -2.62. The van der Waals surface area contributed by atoms with Crippen LogP contribution < -0.4 is 0 Å². The Labute approximate surface area is 207 Å². The van der Waals surface area contributed by atoms with Crippen LogP contribution in [0.1, 0.15) is 104 Å². The van der Waals surface area contributed by atoms with Crippen LogP contribution in [0.2, 0.25) is 0 Å². The summed E-state index contributed by atoms with van der Waals surface area (Å²) < 4.78 is 0. The van der Waals surface area contributed by atoms with Gasteiger partial charge in [0.25, 0.3) is 0 Å². The molecule has 4 saturated carbocycles. The van der Waals surface area contributed by atoms with Gasteiger partial charge in [-0.3, -0.25) is 0 Å². The maximum atomic E-state index is 11.2. The first-order chi connectivity index (χ1) is 16.1. The van der Waals surface area contributed by atoms with Crippen LogP contribution in [0, 0.1) is 46.3 Å². The Kier molecular flexibility index (Phi) is 6.48. The van der Waals surface area contributed by atoms with Crippen molar-refractivity contribution < 1.29 is 15.3 Å². The number of aliphatic hydroxyl groups excluding tert-OH is 2. The van der Waals surface area contributed by atoms with Crippen molar-refractivity contribution in [1.29, 1.82) is 0 Å². The first-order valence-electron chi connectivity index (χ1n) is 14.2. The van der Waals surface area contributed by atoms with E-state index in [0.29, 0.717) is 29.1 Å². The van der Waals surface area contributed by atoms with E-state index in [2.05, 4.69) is 27.7 Å². The normalized spacial score (nSPS) is 46.6. The van der Waals surface area contributed by atoms with Crippen molar-refractivity contribution in [2.24, 2.45) is 46.3 Å². The highest BCUT2D eigenvalue weighted by Gasteiger charge is 2.61. The van der Waals surface area contributed by atoms with Gasteiger partial charge >= 0.3 is 0 Å². The average molecular weight is 469 g/mol. The molecule has 0 amide bonds. The lowest BCUT2D eigenvalue weighted by Crippen LogP contribution is -2.55. The van der Waals surface area contributed by atoms with Crippen LogP contribution in [0.5, 0.6) is 0 Å². The van der Waals surface area contributed by atoms with Gasteiger partial charge < -0.3 is 15.3 Å². The standard InChI is InChI=1S/C31H48O3/c1-20(27(32)18-28(33)21-8-6-5-7-9-21)24-12-13-25-23-11-10-22-19-29(2,34)16-17-30(22,3)26(23)14-15-31(24,25)4/h5-9,20,22-28,32-34H,10-19H2,1-4H3/t20-,22-,23-,24+,25-,26-,27+,28+,29-,30-,31+/m0/s1. The van der Waals surface area contributed by atoms with Gasteiger partial charge in [-0.1, -0.05) is 51.1 Å². The van der Waals surface area contributed by atoms with Crippen molar-refractivity contribution in [3.8, 4) is 0 Å². The zero-order valence-corrected chi connectivity index (χ0v) is 21.9.